The number of unbranched alkanes of at least 4 members (excludes halogenated alkanes) is 3. The molecule has 1 saturated carbocycles. The molecule has 0 saturated heterocycles. The molecule has 1 fully saturated rings. The topological polar surface area (TPSA) is 32.3 Å². The van der Waals surface area contributed by atoms with E-state index in [9.17, 15) is 5.11 Å². The zero-order valence-electron chi connectivity index (χ0n) is 9.52. The SMILES string of the molecule is CCCCCCNCC1(O)CCCC1. The second-order valence-electron chi connectivity index (χ2n) is 4.67. The summed E-state index contributed by atoms with van der Waals surface area (Å²) in [5.74, 6) is 0. The zero-order valence-corrected chi connectivity index (χ0v) is 9.52. The van der Waals surface area contributed by atoms with E-state index in [0.717, 1.165) is 25.9 Å². The van der Waals surface area contributed by atoms with Gasteiger partial charge in [-0.25, -0.2) is 0 Å². The first kappa shape index (κ1) is 12.0. The fourth-order valence-corrected chi connectivity index (χ4v) is 2.21. The Hall–Kier alpha value is -0.0800. The van der Waals surface area contributed by atoms with Gasteiger partial charge in [0.25, 0.3) is 0 Å². The molecule has 2 nitrogen and oxygen atoms in total. The third kappa shape index (κ3) is 4.43. The predicted molar refractivity (Wildman–Crippen MR) is 60.4 cm³/mol. The van der Waals surface area contributed by atoms with Crippen LogP contribution in [0.15, 0.2) is 0 Å². The third-order valence-electron chi connectivity index (χ3n) is 3.20. The average Bonchev–Trinajstić information content (AvgIpc) is 2.59. The number of hydrogen-bond donors (Lipinski definition) is 2. The van der Waals surface area contributed by atoms with E-state index in [-0.39, 0.29) is 5.60 Å². The summed E-state index contributed by atoms with van der Waals surface area (Å²) in [7, 11) is 0. The van der Waals surface area contributed by atoms with Crippen molar-refractivity contribution in [1.29, 1.82) is 0 Å². The van der Waals surface area contributed by atoms with Crippen LogP contribution in [0.5, 0.6) is 0 Å². The van der Waals surface area contributed by atoms with Crippen LogP contribution in [0.2, 0.25) is 0 Å². The fraction of sp³-hybridized carbons (Fsp3) is 1.00. The van der Waals surface area contributed by atoms with Crippen molar-refractivity contribution in [3.63, 3.8) is 0 Å². The maximum atomic E-state index is 10.0. The van der Waals surface area contributed by atoms with Crippen molar-refractivity contribution in [2.75, 3.05) is 13.1 Å². The Balaban J connectivity index is 1.92. The van der Waals surface area contributed by atoms with Crippen molar-refractivity contribution in [2.45, 2.75) is 63.9 Å². The number of hydrogen-bond acceptors (Lipinski definition) is 2. The number of aliphatic hydroxyl groups is 1. The van der Waals surface area contributed by atoms with Crippen LogP contribution in [-0.4, -0.2) is 23.8 Å². The molecule has 14 heavy (non-hydrogen) atoms. The van der Waals surface area contributed by atoms with Crippen LogP contribution < -0.4 is 5.32 Å². The lowest BCUT2D eigenvalue weighted by atomic mass is 10.0. The molecule has 0 atom stereocenters. The molecule has 0 aromatic heterocycles. The maximum Gasteiger partial charge on any atom is 0.0771 e. The van der Waals surface area contributed by atoms with Crippen molar-refractivity contribution in [3.8, 4) is 0 Å². The normalized spacial score (nSPS) is 20.1. The van der Waals surface area contributed by atoms with E-state index in [1.807, 2.05) is 0 Å². The van der Waals surface area contributed by atoms with Crippen LogP contribution in [0.4, 0.5) is 0 Å². The van der Waals surface area contributed by atoms with Crippen LogP contribution in [0, 0.1) is 0 Å². The largest absolute Gasteiger partial charge is 0.389 e. The van der Waals surface area contributed by atoms with Crippen LogP contribution in [0.25, 0.3) is 0 Å². The molecule has 0 bridgehead atoms. The molecule has 84 valence electrons. The van der Waals surface area contributed by atoms with E-state index in [0.29, 0.717) is 0 Å². The smallest absolute Gasteiger partial charge is 0.0771 e. The first-order valence-electron chi connectivity index (χ1n) is 6.20. The van der Waals surface area contributed by atoms with Crippen molar-refractivity contribution in [2.24, 2.45) is 0 Å². The molecule has 0 radical (unpaired) electrons. The molecule has 1 aliphatic rings. The van der Waals surface area contributed by atoms with Gasteiger partial charge in [-0.3, -0.25) is 0 Å². The third-order valence-corrected chi connectivity index (χ3v) is 3.20. The minimum absolute atomic E-state index is 0.370. The van der Waals surface area contributed by atoms with Gasteiger partial charge in [-0.15, -0.1) is 0 Å². The van der Waals surface area contributed by atoms with Gasteiger partial charge in [0.1, 0.15) is 0 Å². The first-order valence-corrected chi connectivity index (χ1v) is 6.20. The Kier molecular flexibility index (Phi) is 5.49. The van der Waals surface area contributed by atoms with Gasteiger partial charge in [0, 0.05) is 6.54 Å². The molecule has 0 unspecified atom stereocenters. The van der Waals surface area contributed by atoms with Crippen LogP contribution in [0.3, 0.4) is 0 Å². The summed E-state index contributed by atoms with van der Waals surface area (Å²) in [6, 6.07) is 0. The van der Waals surface area contributed by atoms with Gasteiger partial charge in [-0.1, -0.05) is 39.0 Å². The molecular weight excluding hydrogens is 174 g/mol. The minimum atomic E-state index is -0.370. The van der Waals surface area contributed by atoms with Crippen molar-refractivity contribution in [3.05, 3.63) is 0 Å². The van der Waals surface area contributed by atoms with Crippen LogP contribution in [0.1, 0.15) is 58.3 Å². The van der Waals surface area contributed by atoms with E-state index in [1.165, 1.54) is 38.5 Å². The van der Waals surface area contributed by atoms with E-state index in [1.54, 1.807) is 0 Å². The zero-order chi connectivity index (χ0) is 10.3. The second-order valence-corrected chi connectivity index (χ2v) is 4.67. The van der Waals surface area contributed by atoms with Crippen LogP contribution in [-0.2, 0) is 0 Å². The van der Waals surface area contributed by atoms with Gasteiger partial charge in [0.15, 0.2) is 0 Å². The van der Waals surface area contributed by atoms with Gasteiger partial charge < -0.3 is 10.4 Å². The molecule has 0 spiro atoms. The van der Waals surface area contributed by atoms with E-state index < -0.39 is 0 Å². The summed E-state index contributed by atoms with van der Waals surface area (Å²) >= 11 is 0. The molecule has 2 N–H and O–H groups in total. The minimum Gasteiger partial charge on any atom is -0.389 e. The summed E-state index contributed by atoms with van der Waals surface area (Å²) < 4.78 is 0. The van der Waals surface area contributed by atoms with Gasteiger partial charge in [0.05, 0.1) is 5.60 Å². The highest BCUT2D eigenvalue weighted by Crippen LogP contribution is 2.28. The maximum absolute atomic E-state index is 10.0. The molecule has 0 aromatic rings. The quantitative estimate of drug-likeness (QED) is 0.617. The Morgan fingerprint density at radius 3 is 2.50 bits per heavy atom. The number of rotatable bonds is 7. The highest BCUT2D eigenvalue weighted by atomic mass is 16.3. The predicted octanol–water partition coefficient (Wildman–Crippen LogP) is 2.46. The van der Waals surface area contributed by atoms with Gasteiger partial charge in [-0.05, 0) is 25.8 Å². The summed E-state index contributed by atoms with van der Waals surface area (Å²) in [4.78, 5) is 0. The lowest BCUT2D eigenvalue weighted by Crippen LogP contribution is -2.38. The fourth-order valence-electron chi connectivity index (χ4n) is 2.21. The highest BCUT2D eigenvalue weighted by molar-refractivity contribution is 4.85. The Labute approximate surface area is 88.1 Å². The Morgan fingerprint density at radius 2 is 1.86 bits per heavy atom. The average molecular weight is 199 g/mol. The second kappa shape index (κ2) is 6.41. The van der Waals surface area contributed by atoms with E-state index in [4.69, 9.17) is 0 Å². The molecule has 1 aliphatic carbocycles. The Bertz CT molecular complexity index is 141. The molecule has 2 heteroatoms. The summed E-state index contributed by atoms with van der Waals surface area (Å²) in [5.41, 5.74) is -0.370. The molecule has 0 amide bonds. The highest BCUT2D eigenvalue weighted by Gasteiger charge is 2.30. The summed E-state index contributed by atoms with van der Waals surface area (Å²) in [6.07, 6.45) is 9.60. The van der Waals surface area contributed by atoms with Gasteiger partial charge in [0.2, 0.25) is 0 Å². The molecule has 0 aliphatic heterocycles. The van der Waals surface area contributed by atoms with E-state index >= 15 is 0 Å². The lowest BCUT2D eigenvalue weighted by Gasteiger charge is -2.22. The summed E-state index contributed by atoms with van der Waals surface area (Å²) in [6.45, 7) is 4.11. The first-order chi connectivity index (χ1) is 6.77. The number of nitrogens with one attached hydrogen (secondary N) is 1. The van der Waals surface area contributed by atoms with Gasteiger partial charge >= 0.3 is 0 Å². The van der Waals surface area contributed by atoms with E-state index in [2.05, 4.69) is 12.2 Å². The van der Waals surface area contributed by atoms with Gasteiger partial charge in [-0.2, -0.15) is 0 Å². The monoisotopic (exact) mass is 199 g/mol. The standard InChI is InChI=1S/C12H25NO/c1-2-3-4-7-10-13-11-12(14)8-5-6-9-12/h13-14H,2-11H2,1H3. The Morgan fingerprint density at radius 1 is 1.14 bits per heavy atom. The molecule has 0 aromatic carbocycles. The molecule has 0 heterocycles. The lowest BCUT2D eigenvalue weighted by molar-refractivity contribution is 0.0479. The molecule has 1 rings (SSSR count). The van der Waals surface area contributed by atoms with Crippen LogP contribution >= 0.6 is 0 Å². The van der Waals surface area contributed by atoms with Crippen molar-refractivity contribution < 1.29 is 5.11 Å². The molecular formula is C12H25NO. The van der Waals surface area contributed by atoms with Crippen molar-refractivity contribution >= 4 is 0 Å². The van der Waals surface area contributed by atoms with Crippen molar-refractivity contribution in [1.82, 2.24) is 5.32 Å². The summed E-state index contributed by atoms with van der Waals surface area (Å²) in [5, 5.41) is 13.4.